The molecule has 0 radical (unpaired) electrons. The summed E-state index contributed by atoms with van der Waals surface area (Å²) in [4.78, 5) is 23.5. The van der Waals surface area contributed by atoms with Crippen LogP contribution in [0.4, 0.5) is 0 Å². The molecule has 1 aliphatic heterocycles. The highest BCUT2D eigenvalue weighted by atomic mass is 16.5. The van der Waals surface area contributed by atoms with Crippen LogP contribution in [-0.4, -0.2) is 24.5 Å². The van der Waals surface area contributed by atoms with Gasteiger partial charge in [0.1, 0.15) is 17.6 Å². The first-order chi connectivity index (χ1) is 12.5. The van der Waals surface area contributed by atoms with Gasteiger partial charge in [0.2, 0.25) is 5.91 Å². The Bertz CT molecular complexity index is 830. The number of nitrogens with two attached hydrogens (primary N) is 1. The van der Waals surface area contributed by atoms with E-state index in [0.29, 0.717) is 24.3 Å². The Hall–Kier alpha value is -3.02. The standard InChI is InChI=1S/C20H22N2O4/c1-3-25-17-9-15-8-12(2)26-18(15)10-16(17)11-22-20(24)14-6-4-13(5-7-14)19(21)23/h4-7,9-10,12H,3,8,11H2,1-2H3,(H2,21,23)(H,22,24). The monoisotopic (exact) mass is 354 g/mol. The number of fused-ring (bicyclic) bond motifs is 1. The zero-order valence-electron chi connectivity index (χ0n) is 14.9. The maximum atomic E-state index is 12.4. The van der Waals surface area contributed by atoms with Crippen LogP contribution < -0.4 is 20.5 Å². The molecule has 1 aliphatic rings. The van der Waals surface area contributed by atoms with Crippen LogP contribution in [0.5, 0.6) is 11.5 Å². The molecule has 0 aromatic heterocycles. The zero-order valence-corrected chi connectivity index (χ0v) is 14.9. The number of nitrogens with one attached hydrogen (secondary N) is 1. The molecule has 0 saturated carbocycles. The van der Waals surface area contributed by atoms with Crippen LogP contribution in [0.15, 0.2) is 36.4 Å². The fraction of sp³-hybridized carbons (Fsp3) is 0.300. The SMILES string of the molecule is CCOc1cc2c(cc1CNC(=O)c1ccc(C(N)=O)cc1)OC(C)C2. The molecule has 1 atom stereocenters. The van der Waals surface area contributed by atoms with Gasteiger partial charge in [0.05, 0.1) is 6.61 Å². The van der Waals surface area contributed by atoms with Crippen molar-refractivity contribution in [3.63, 3.8) is 0 Å². The van der Waals surface area contributed by atoms with Crippen LogP contribution >= 0.6 is 0 Å². The Balaban J connectivity index is 1.73. The topological polar surface area (TPSA) is 90.6 Å². The molecular formula is C20H22N2O4. The number of hydrogen-bond donors (Lipinski definition) is 2. The molecule has 136 valence electrons. The minimum absolute atomic E-state index is 0.146. The second kappa shape index (κ2) is 7.47. The van der Waals surface area contributed by atoms with Gasteiger partial charge in [-0.2, -0.15) is 0 Å². The van der Waals surface area contributed by atoms with E-state index in [1.807, 2.05) is 26.0 Å². The van der Waals surface area contributed by atoms with Crippen LogP contribution in [-0.2, 0) is 13.0 Å². The number of amides is 2. The summed E-state index contributed by atoms with van der Waals surface area (Å²) in [5.74, 6) is 0.841. The van der Waals surface area contributed by atoms with Gasteiger partial charge < -0.3 is 20.5 Å². The van der Waals surface area contributed by atoms with E-state index in [2.05, 4.69) is 5.32 Å². The lowest BCUT2D eigenvalue weighted by atomic mass is 10.1. The minimum atomic E-state index is -0.523. The fourth-order valence-electron chi connectivity index (χ4n) is 2.97. The molecule has 2 amide bonds. The summed E-state index contributed by atoms with van der Waals surface area (Å²) in [6.07, 6.45) is 1.00. The molecule has 0 aliphatic carbocycles. The van der Waals surface area contributed by atoms with Gasteiger partial charge in [-0.3, -0.25) is 9.59 Å². The maximum Gasteiger partial charge on any atom is 0.251 e. The highest BCUT2D eigenvalue weighted by Crippen LogP contribution is 2.35. The average molecular weight is 354 g/mol. The highest BCUT2D eigenvalue weighted by Gasteiger charge is 2.22. The lowest BCUT2D eigenvalue weighted by Crippen LogP contribution is -2.23. The second-order valence-corrected chi connectivity index (χ2v) is 6.26. The van der Waals surface area contributed by atoms with E-state index in [4.69, 9.17) is 15.2 Å². The Morgan fingerprint density at radius 1 is 1.23 bits per heavy atom. The van der Waals surface area contributed by atoms with Gasteiger partial charge in [0.25, 0.3) is 5.91 Å². The van der Waals surface area contributed by atoms with E-state index in [-0.39, 0.29) is 12.0 Å². The van der Waals surface area contributed by atoms with Crippen molar-refractivity contribution in [3.8, 4) is 11.5 Å². The number of carbonyl (C=O) groups excluding carboxylic acids is 2. The normalized spacial score (nSPS) is 15.1. The molecule has 1 unspecified atom stereocenters. The van der Waals surface area contributed by atoms with Crippen LogP contribution in [0, 0.1) is 0 Å². The highest BCUT2D eigenvalue weighted by molar-refractivity contribution is 5.97. The first-order valence-electron chi connectivity index (χ1n) is 8.61. The van der Waals surface area contributed by atoms with E-state index in [1.165, 1.54) is 12.1 Å². The number of hydrogen-bond acceptors (Lipinski definition) is 4. The summed E-state index contributed by atoms with van der Waals surface area (Å²) in [6, 6.07) is 10.1. The van der Waals surface area contributed by atoms with Crippen LogP contribution in [0.1, 0.15) is 45.7 Å². The van der Waals surface area contributed by atoms with Gasteiger partial charge in [-0.05, 0) is 50.2 Å². The first kappa shape index (κ1) is 17.8. The van der Waals surface area contributed by atoms with Gasteiger partial charge in [-0.25, -0.2) is 0 Å². The molecule has 0 fully saturated rings. The Kier molecular flexibility index (Phi) is 5.11. The molecule has 3 N–H and O–H groups in total. The Morgan fingerprint density at radius 2 is 1.92 bits per heavy atom. The van der Waals surface area contributed by atoms with E-state index >= 15 is 0 Å². The number of ether oxygens (including phenoxy) is 2. The third kappa shape index (κ3) is 3.79. The van der Waals surface area contributed by atoms with Gasteiger partial charge in [-0.1, -0.05) is 0 Å². The van der Waals surface area contributed by atoms with Crippen molar-refractivity contribution in [2.75, 3.05) is 6.61 Å². The fourth-order valence-corrected chi connectivity index (χ4v) is 2.97. The molecule has 6 heteroatoms. The van der Waals surface area contributed by atoms with Crippen molar-refractivity contribution < 1.29 is 19.1 Å². The number of primary amides is 1. The lowest BCUT2D eigenvalue weighted by molar-refractivity contribution is 0.0948. The van der Waals surface area contributed by atoms with E-state index < -0.39 is 5.91 Å². The number of benzene rings is 2. The molecule has 3 rings (SSSR count). The predicted octanol–water partition coefficient (Wildman–Crippen LogP) is 2.44. The van der Waals surface area contributed by atoms with E-state index in [9.17, 15) is 9.59 Å². The summed E-state index contributed by atoms with van der Waals surface area (Å²) >= 11 is 0. The van der Waals surface area contributed by atoms with Crippen LogP contribution in [0.2, 0.25) is 0 Å². The van der Waals surface area contributed by atoms with Crippen molar-refractivity contribution in [1.82, 2.24) is 5.32 Å². The largest absolute Gasteiger partial charge is 0.494 e. The quantitative estimate of drug-likeness (QED) is 0.834. The van der Waals surface area contributed by atoms with E-state index in [0.717, 1.165) is 29.0 Å². The summed E-state index contributed by atoms with van der Waals surface area (Å²) in [6.45, 7) is 4.81. The Morgan fingerprint density at radius 3 is 2.58 bits per heavy atom. The number of rotatable bonds is 6. The van der Waals surface area contributed by atoms with Gasteiger partial charge in [-0.15, -0.1) is 0 Å². The summed E-state index contributed by atoms with van der Waals surface area (Å²) in [7, 11) is 0. The zero-order chi connectivity index (χ0) is 18.7. The van der Waals surface area contributed by atoms with Crippen molar-refractivity contribution in [2.45, 2.75) is 32.9 Å². The predicted molar refractivity (Wildman–Crippen MR) is 97.5 cm³/mol. The van der Waals surface area contributed by atoms with Gasteiger partial charge in [0.15, 0.2) is 0 Å². The van der Waals surface area contributed by atoms with Crippen molar-refractivity contribution in [2.24, 2.45) is 5.73 Å². The molecule has 0 saturated heterocycles. The summed E-state index contributed by atoms with van der Waals surface area (Å²) in [5.41, 5.74) is 8.02. The van der Waals surface area contributed by atoms with Gasteiger partial charge >= 0.3 is 0 Å². The smallest absolute Gasteiger partial charge is 0.251 e. The third-order valence-electron chi connectivity index (χ3n) is 4.25. The molecule has 26 heavy (non-hydrogen) atoms. The molecular weight excluding hydrogens is 332 g/mol. The van der Waals surface area contributed by atoms with Crippen molar-refractivity contribution in [1.29, 1.82) is 0 Å². The summed E-state index contributed by atoms with van der Waals surface area (Å²) in [5, 5.41) is 2.87. The molecule has 2 aromatic carbocycles. The molecule has 0 spiro atoms. The first-order valence-corrected chi connectivity index (χ1v) is 8.61. The number of carbonyl (C=O) groups is 2. The van der Waals surface area contributed by atoms with Crippen LogP contribution in [0.3, 0.4) is 0 Å². The van der Waals surface area contributed by atoms with Crippen LogP contribution in [0.25, 0.3) is 0 Å². The molecule has 0 bridgehead atoms. The van der Waals surface area contributed by atoms with E-state index in [1.54, 1.807) is 12.1 Å². The minimum Gasteiger partial charge on any atom is -0.494 e. The third-order valence-corrected chi connectivity index (χ3v) is 4.25. The lowest BCUT2D eigenvalue weighted by Gasteiger charge is -2.13. The molecule has 1 heterocycles. The Labute approximate surface area is 152 Å². The van der Waals surface area contributed by atoms with Crippen molar-refractivity contribution >= 4 is 11.8 Å². The van der Waals surface area contributed by atoms with Gasteiger partial charge in [0, 0.05) is 35.2 Å². The van der Waals surface area contributed by atoms with Crippen molar-refractivity contribution in [3.05, 3.63) is 58.7 Å². The average Bonchev–Trinajstić information content (AvgIpc) is 2.98. The second-order valence-electron chi connectivity index (χ2n) is 6.26. The summed E-state index contributed by atoms with van der Waals surface area (Å²) < 4.78 is 11.5. The maximum absolute atomic E-state index is 12.4. The molecule has 6 nitrogen and oxygen atoms in total. The molecule has 2 aromatic rings.